The number of carbonyl (C=O) groups excluding carboxylic acids is 1. The summed E-state index contributed by atoms with van der Waals surface area (Å²) in [6.07, 6.45) is 10.1. The molecule has 2 aromatic rings. The fraction of sp³-hybridized carbons (Fsp3) is 0.520. The van der Waals surface area contributed by atoms with Gasteiger partial charge in [0.25, 0.3) is 11.5 Å². The van der Waals surface area contributed by atoms with Crippen molar-refractivity contribution in [3.8, 4) is 0 Å². The lowest BCUT2D eigenvalue weighted by molar-refractivity contribution is -0.124. The fourth-order valence-electron chi connectivity index (χ4n) is 5.56. The average Bonchev–Trinajstić information content (AvgIpc) is 3.08. The molecule has 3 aliphatic rings. The van der Waals surface area contributed by atoms with Crippen LogP contribution in [0.3, 0.4) is 0 Å². The van der Waals surface area contributed by atoms with Crippen molar-refractivity contribution in [1.82, 2.24) is 14.3 Å². The predicted molar refractivity (Wildman–Crippen MR) is 139 cm³/mol. The lowest BCUT2D eigenvalue weighted by atomic mass is 9.91. The van der Waals surface area contributed by atoms with Crippen molar-refractivity contribution in [3.63, 3.8) is 0 Å². The maximum absolute atomic E-state index is 13.6. The zero-order chi connectivity index (χ0) is 23.1. The molecule has 8 heteroatoms. The quantitative estimate of drug-likeness (QED) is 0.466. The number of hydrogen-bond donors (Lipinski definition) is 0. The Balaban J connectivity index is 1.59. The van der Waals surface area contributed by atoms with Gasteiger partial charge < -0.3 is 4.90 Å². The summed E-state index contributed by atoms with van der Waals surface area (Å²) in [5.41, 5.74) is 0.948. The summed E-state index contributed by atoms with van der Waals surface area (Å²) < 4.78 is 2.17. The Morgan fingerprint density at radius 3 is 2.55 bits per heavy atom. The largest absolute Gasteiger partial charge is 0.355 e. The topological polar surface area (TPSA) is 57.9 Å². The van der Waals surface area contributed by atoms with Crippen molar-refractivity contribution in [1.29, 1.82) is 0 Å². The molecular formula is C25H30N4O2S2. The first-order valence-corrected chi connectivity index (χ1v) is 13.2. The third-order valence-corrected chi connectivity index (χ3v) is 8.29. The van der Waals surface area contributed by atoms with Crippen molar-refractivity contribution in [2.24, 2.45) is 11.8 Å². The van der Waals surface area contributed by atoms with Gasteiger partial charge in [0.05, 0.1) is 10.5 Å². The number of piperidine rings is 1. The van der Waals surface area contributed by atoms with Crippen LogP contribution in [0.2, 0.25) is 0 Å². The zero-order valence-corrected chi connectivity index (χ0v) is 20.8. The number of carbonyl (C=O) groups is 1. The molecule has 0 radical (unpaired) electrons. The molecule has 0 aromatic carbocycles. The predicted octanol–water partition coefficient (Wildman–Crippen LogP) is 4.71. The highest BCUT2D eigenvalue weighted by Crippen LogP contribution is 2.38. The van der Waals surface area contributed by atoms with Gasteiger partial charge >= 0.3 is 0 Å². The molecule has 5 rings (SSSR count). The van der Waals surface area contributed by atoms with Gasteiger partial charge in [0.2, 0.25) is 0 Å². The van der Waals surface area contributed by atoms with E-state index in [1.54, 1.807) is 21.6 Å². The molecule has 174 valence electrons. The minimum atomic E-state index is -0.149. The van der Waals surface area contributed by atoms with Gasteiger partial charge in [-0.2, -0.15) is 0 Å². The molecule has 2 saturated heterocycles. The van der Waals surface area contributed by atoms with Crippen molar-refractivity contribution in [3.05, 3.63) is 45.2 Å². The van der Waals surface area contributed by atoms with Crippen LogP contribution in [0.5, 0.6) is 0 Å². The SMILES string of the molecule is CC1CC(C)CN(c2nc3ccccn3c(=O)c2C=C2SC(=S)N(C3CCCCC3)C2=O)C1. The van der Waals surface area contributed by atoms with Crippen LogP contribution >= 0.6 is 24.0 Å². The van der Waals surface area contributed by atoms with Gasteiger partial charge in [-0.3, -0.25) is 18.9 Å². The second-order valence-corrected chi connectivity index (χ2v) is 11.5. The van der Waals surface area contributed by atoms with Gasteiger partial charge in [0, 0.05) is 25.3 Å². The monoisotopic (exact) mass is 482 g/mol. The second-order valence-electron chi connectivity index (χ2n) is 9.78. The van der Waals surface area contributed by atoms with Crippen LogP contribution in [0.25, 0.3) is 11.7 Å². The van der Waals surface area contributed by atoms with E-state index in [0.29, 0.717) is 38.1 Å². The van der Waals surface area contributed by atoms with E-state index in [1.165, 1.54) is 24.6 Å². The molecule has 33 heavy (non-hydrogen) atoms. The van der Waals surface area contributed by atoms with Crippen LogP contribution in [-0.4, -0.2) is 43.6 Å². The maximum atomic E-state index is 13.6. The number of thioether (sulfide) groups is 1. The van der Waals surface area contributed by atoms with E-state index in [4.69, 9.17) is 17.2 Å². The molecule has 3 fully saturated rings. The van der Waals surface area contributed by atoms with Crippen LogP contribution in [0.4, 0.5) is 5.82 Å². The Hall–Kier alpha value is -2.19. The van der Waals surface area contributed by atoms with E-state index in [1.807, 2.05) is 18.2 Å². The molecule has 0 spiro atoms. The van der Waals surface area contributed by atoms with Crippen LogP contribution in [0.1, 0.15) is 57.9 Å². The highest BCUT2D eigenvalue weighted by molar-refractivity contribution is 8.26. The zero-order valence-electron chi connectivity index (χ0n) is 19.2. The number of thiocarbonyl (C=S) groups is 1. The van der Waals surface area contributed by atoms with Crippen molar-refractivity contribution >= 4 is 51.7 Å². The lowest BCUT2D eigenvalue weighted by Crippen LogP contribution is -2.41. The maximum Gasteiger partial charge on any atom is 0.267 e. The number of amides is 1. The number of anilines is 1. The summed E-state index contributed by atoms with van der Waals surface area (Å²) in [5.74, 6) is 1.64. The normalized spacial score (nSPS) is 26.1. The molecule has 0 N–H and O–H groups in total. The van der Waals surface area contributed by atoms with Crippen molar-refractivity contribution in [2.45, 2.75) is 58.4 Å². The Morgan fingerprint density at radius 1 is 1.09 bits per heavy atom. The van der Waals surface area contributed by atoms with Gasteiger partial charge in [-0.25, -0.2) is 4.98 Å². The van der Waals surface area contributed by atoms with Crippen molar-refractivity contribution < 1.29 is 4.79 Å². The third-order valence-electron chi connectivity index (χ3n) is 6.96. The van der Waals surface area contributed by atoms with E-state index in [9.17, 15) is 9.59 Å². The highest BCUT2D eigenvalue weighted by Gasteiger charge is 2.38. The fourth-order valence-corrected chi connectivity index (χ4v) is 6.94. The molecule has 1 saturated carbocycles. The molecule has 4 heterocycles. The molecule has 2 unspecified atom stereocenters. The number of rotatable bonds is 3. The first-order chi connectivity index (χ1) is 15.9. The number of nitrogens with zero attached hydrogens (tertiary/aromatic N) is 4. The van der Waals surface area contributed by atoms with E-state index in [0.717, 1.165) is 38.8 Å². The number of fused-ring (bicyclic) bond motifs is 1. The van der Waals surface area contributed by atoms with Crippen LogP contribution in [-0.2, 0) is 4.79 Å². The molecule has 2 atom stereocenters. The molecule has 1 amide bonds. The Labute approximate surface area is 204 Å². The van der Waals surface area contributed by atoms with Crippen LogP contribution in [0.15, 0.2) is 34.1 Å². The van der Waals surface area contributed by atoms with Crippen molar-refractivity contribution in [2.75, 3.05) is 18.0 Å². The molecular weight excluding hydrogens is 452 g/mol. The van der Waals surface area contributed by atoms with Gasteiger partial charge in [0.15, 0.2) is 0 Å². The summed E-state index contributed by atoms with van der Waals surface area (Å²) >= 11 is 6.92. The van der Waals surface area contributed by atoms with E-state index < -0.39 is 0 Å². The van der Waals surface area contributed by atoms with Gasteiger partial charge in [0.1, 0.15) is 15.8 Å². The van der Waals surface area contributed by atoms with E-state index >= 15 is 0 Å². The summed E-state index contributed by atoms with van der Waals surface area (Å²) in [6.45, 7) is 6.18. The molecule has 2 aliphatic heterocycles. The average molecular weight is 483 g/mol. The summed E-state index contributed by atoms with van der Waals surface area (Å²) in [5, 5.41) is 0. The first kappa shape index (κ1) is 22.6. The Bertz CT molecular complexity index is 1170. The van der Waals surface area contributed by atoms with Crippen LogP contribution in [0, 0.1) is 11.8 Å². The van der Waals surface area contributed by atoms with Gasteiger partial charge in [-0.1, -0.05) is 63.2 Å². The summed E-state index contributed by atoms with van der Waals surface area (Å²) in [6, 6.07) is 5.75. The number of aromatic nitrogens is 2. The van der Waals surface area contributed by atoms with Crippen LogP contribution < -0.4 is 10.5 Å². The molecule has 6 nitrogen and oxygen atoms in total. The summed E-state index contributed by atoms with van der Waals surface area (Å²) in [4.78, 5) is 36.4. The summed E-state index contributed by atoms with van der Waals surface area (Å²) in [7, 11) is 0. The third kappa shape index (κ3) is 4.35. The highest BCUT2D eigenvalue weighted by atomic mass is 32.2. The first-order valence-electron chi connectivity index (χ1n) is 12.0. The minimum absolute atomic E-state index is 0.0687. The van der Waals surface area contributed by atoms with E-state index in [2.05, 4.69) is 18.7 Å². The Kier molecular flexibility index (Phi) is 6.31. The van der Waals surface area contributed by atoms with Gasteiger partial charge in [-0.05, 0) is 49.3 Å². The molecule has 0 bridgehead atoms. The minimum Gasteiger partial charge on any atom is -0.355 e. The van der Waals surface area contributed by atoms with Gasteiger partial charge in [-0.15, -0.1) is 0 Å². The van der Waals surface area contributed by atoms with E-state index in [-0.39, 0.29) is 17.5 Å². The standard InChI is InChI=1S/C25H30N4O2S2/c1-16-12-17(2)15-27(14-16)22-19(23(30)28-11-7-6-10-21(28)26-22)13-20-24(31)29(25(32)33-20)18-8-4-3-5-9-18/h6-7,10-11,13,16-18H,3-5,8-9,12,14-15H2,1-2H3. The second kappa shape index (κ2) is 9.22. The molecule has 1 aliphatic carbocycles. The smallest absolute Gasteiger partial charge is 0.267 e. The number of pyridine rings is 1. The Morgan fingerprint density at radius 2 is 1.82 bits per heavy atom. The lowest BCUT2D eigenvalue weighted by Gasteiger charge is -2.36. The number of hydrogen-bond acceptors (Lipinski definition) is 6. The molecule has 2 aromatic heterocycles.